The lowest BCUT2D eigenvalue weighted by atomic mass is 10.2. The van der Waals surface area contributed by atoms with Gasteiger partial charge in [0.2, 0.25) is 0 Å². The van der Waals surface area contributed by atoms with Gasteiger partial charge in [0.15, 0.2) is 0 Å². The highest BCUT2D eigenvalue weighted by Crippen LogP contribution is 2.33. The molecule has 3 aromatic rings. The summed E-state index contributed by atoms with van der Waals surface area (Å²) in [6.45, 7) is 2.09. The Hall–Kier alpha value is -2.56. The summed E-state index contributed by atoms with van der Waals surface area (Å²) in [7, 11) is -3.07. The van der Waals surface area contributed by atoms with E-state index in [0.29, 0.717) is 6.04 Å². The molecular formula is C22H24O3Si. The Kier molecular flexibility index (Phi) is 6.10. The van der Waals surface area contributed by atoms with Gasteiger partial charge in [-0.25, -0.2) is 0 Å². The van der Waals surface area contributed by atoms with Crippen molar-refractivity contribution in [1.82, 2.24) is 0 Å². The predicted molar refractivity (Wildman–Crippen MR) is 106 cm³/mol. The first-order chi connectivity index (χ1) is 12.7. The highest BCUT2D eigenvalue weighted by Gasteiger charge is 2.50. The van der Waals surface area contributed by atoms with Crippen molar-refractivity contribution >= 4 is 8.56 Å². The number of rotatable bonds is 8. The first kappa shape index (κ1) is 18.2. The molecule has 0 aliphatic carbocycles. The van der Waals surface area contributed by atoms with Crippen molar-refractivity contribution in [3.63, 3.8) is 0 Å². The number of aliphatic hydroxyl groups excluding tert-OH is 1. The van der Waals surface area contributed by atoms with Gasteiger partial charge in [0, 0.05) is 6.04 Å². The van der Waals surface area contributed by atoms with Crippen molar-refractivity contribution in [2.24, 2.45) is 0 Å². The standard InChI is InChI=1S/C22H24O3Si/c1-2-18-26(24-20-14-8-4-9-15-20,25-21-16-10-5-11-17-21)22(23)19-12-6-3-7-13-19/h3-17,22-23H,2,18H2,1H3. The fourth-order valence-corrected chi connectivity index (χ4v) is 6.19. The smallest absolute Gasteiger partial charge is 0.495 e. The highest BCUT2D eigenvalue weighted by molar-refractivity contribution is 6.70. The molecule has 0 bridgehead atoms. The third-order valence-electron chi connectivity index (χ3n) is 4.20. The molecule has 0 radical (unpaired) electrons. The molecule has 134 valence electrons. The van der Waals surface area contributed by atoms with Crippen LogP contribution in [-0.2, 0) is 0 Å². The van der Waals surface area contributed by atoms with Gasteiger partial charge in [-0.05, 0) is 29.8 Å². The van der Waals surface area contributed by atoms with Gasteiger partial charge < -0.3 is 14.0 Å². The molecule has 0 aromatic heterocycles. The quantitative estimate of drug-likeness (QED) is 0.553. The molecule has 0 heterocycles. The number of hydrogen-bond donors (Lipinski definition) is 1. The van der Waals surface area contributed by atoms with Crippen molar-refractivity contribution in [2.75, 3.05) is 0 Å². The van der Waals surface area contributed by atoms with Crippen molar-refractivity contribution < 1.29 is 14.0 Å². The van der Waals surface area contributed by atoms with E-state index in [0.717, 1.165) is 23.5 Å². The zero-order chi connectivity index (χ0) is 18.2. The Balaban J connectivity index is 2.01. The molecule has 1 atom stereocenters. The van der Waals surface area contributed by atoms with Crippen LogP contribution in [0.25, 0.3) is 0 Å². The van der Waals surface area contributed by atoms with Crippen molar-refractivity contribution in [3.05, 3.63) is 96.6 Å². The summed E-state index contributed by atoms with van der Waals surface area (Å²) in [5.41, 5.74) is 0.0172. The van der Waals surface area contributed by atoms with Gasteiger partial charge in [-0.1, -0.05) is 80.1 Å². The van der Waals surface area contributed by atoms with Crippen LogP contribution >= 0.6 is 0 Å². The molecule has 0 saturated carbocycles. The summed E-state index contributed by atoms with van der Waals surface area (Å²) < 4.78 is 12.9. The molecular weight excluding hydrogens is 340 g/mol. The van der Waals surface area contributed by atoms with Crippen molar-refractivity contribution in [2.45, 2.75) is 25.1 Å². The molecule has 26 heavy (non-hydrogen) atoms. The van der Waals surface area contributed by atoms with E-state index in [2.05, 4.69) is 6.92 Å². The van der Waals surface area contributed by atoms with E-state index in [-0.39, 0.29) is 0 Å². The maximum Gasteiger partial charge on any atom is 0.495 e. The molecule has 0 fully saturated rings. The van der Waals surface area contributed by atoms with Crippen LogP contribution in [0.4, 0.5) is 0 Å². The van der Waals surface area contributed by atoms with Gasteiger partial charge in [-0.15, -0.1) is 0 Å². The predicted octanol–water partition coefficient (Wildman–Crippen LogP) is 5.27. The van der Waals surface area contributed by atoms with Crippen LogP contribution < -0.4 is 8.85 Å². The summed E-state index contributed by atoms with van der Waals surface area (Å²) in [5, 5.41) is 11.3. The second kappa shape index (κ2) is 8.69. The van der Waals surface area contributed by atoms with Gasteiger partial charge in [0.1, 0.15) is 17.2 Å². The molecule has 3 rings (SSSR count). The summed E-state index contributed by atoms with van der Waals surface area (Å²) in [5.74, 6) is 1.44. The lowest BCUT2D eigenvalue weighted by Gasteiger charge is -2.35. The topological polar surface area (TPSA) is 38.7 Å². The Labute approximate surface area is 156 Å². The maximum absolute atomic E-state index is 11.3. The zero-order valence-electron chi connectivity index (χ0n) is 14.9. The van der Waals surface area contributed by atoms with Gasteiger partial charge in [0.25, 0.3) is 0 Å². The Morgan fingerprint density at radius 3 is 1.58 bits per heavy atom. The van der Waals surface area contributed by atoms with Gasteiger partial charge in [0.05, 0.1) is 0 Å². The first-order valence-corrected chi connectivity index (χ1v) is 11.0. The Bertz CT molecular complexity index is 737. The molecule has 3 aromatic carbocycles. The van der Waals surface area contributed by atoms with Crippen LogP contribution in [0.1, 0.15) is 24.6 Å². The molecule has 0 aliphatic rings. The molecule has 1 unspecified atom stereocenters. The molecule has 0 spiro atoms. The lowest BCUT2D eigenvalue weighted by molar-refractivity contribution is 0.189. The van der Waals surface area contributed by atoms with Crippen LogP contribution in [0, 0.1) is 0 Å². The normalized spacial score (nSPS) is 12.4. The number of benzene rings is 3. The summed E-state index contributed by atoms with van der Waals surface area (Å²) in [6.07, 6.45) is 0.857. The molecule has 3 nitrogen and oxygen atoms in total. The average Bonchev–Trinajstić information content (AvgIpc) is 2.70. The first-order valence-electron chi connectivity index (χ1n) is 8.94. The maximum atomic E-state index is 11.3. The van der Waals surface area contributed by atoms with Gasteiger partial charge in [-0.2, -0.15) is 0 Å². The third kappa shape index (κ3) is 4.34. The molecule has 0 aliphatic heterocycles. The van der Waals surface area contributed by atoms with E-state index >= 15 is 0 Å². The summed E-state index contributed by atoms with van der Waals surface area (Å²) >= 11 is 0. The fraction of sp³-hybridized carbons (Fsp3) is 0.182. The molecule has 1 N–H and O–H groups in total. The van der Waals surface area contributed by atoms with Gasteiger partial charge in [-0.3, -0.25) is 0 Å². The minimum absolute atomic E-state index is 0.673. The third-order valence-corrected chi connectivity index (χ3v) is 7.72. The van der Waals surface area contributed by atoms with E-state index in [1.807, 2.05) is 91.0 Å². The summed E-state index contributed by atoms with van der Waals surface area (Å²) in [4.78, 5) is 0. The van der Waals surface area contributed by atoms with Crippen molar-refractivity contribution in [1.29, 1.82) is 0 Å². The average molecular weight is 365 g/mol. The molecule has 4 heteroatoms. The fourth-order valence-electron chi connectivity index (χ4n) is 2.99. The minimum Gasteiger partial charge on any atom is -0.510 e. The second-order valence-corrected chi connectivity index (χ2v) is 9.28. The van der Waals surface area contributed by atoms with Crippen LogP contribution in [0.2, 0.25) is 6.04 Å². The summed E-state index contributed by atoms with van der Waals surface area (Å²) in [6, 6.07) is 29.5. The number of hydrogen-bond acceptors (Lipinski definition) is 3. The second-order valence-electron chi connectivity index (χ2n) is 6.21. The molecule has 0 saturated heterocycles. The van der Waals surface area contributed by atoms with E-state index in [9.17, 15) is 5.11 Å². The molecule has 0 amide bonds. The Morgan fingerprint density at radius 1 is 0.731 bits per heavy atom. The number of aliphatic hydroxyl groups is 1. The van der Waals surface area contributed by atoms with E-state index in [1.54, 1.807) is 0 Å². The zero-order valence-corrected chi connectivity index (χ0v) is 15.9. The number of para-hydroxylation sites is 2. The van der Waals surface area contributed by atoms with Crippen LogP contribution in [0.3, 0.4) is 0 Å². The van der Waals surface area contributed by atoms with Gasteiger partial charge >= 0.3 is 8.56 Å². The van der Waals surface area contributed by atoms with Crippen LogP contribution in [0.15, 0.2) is 91.0 Å². The lowest BCUT2D eigenvalue weighted by Crippen LogP contribution is -2.54. The van der Waals surface area contributed by atoms with Crippen LogP contribution in [0.5, 0.6) is 11.5 Å². The van der Waals surface area contributed by atoms with E-state index in [1.165, 1.54) is 0 Å². The van der Waals surface area contributed by atoms with E-state index in [4.69, 9.17) is 8.85 Å². The minimum atomic E-state index is -3.07. The highest BCUT2D eigenvalue weighted by atomic mass is 28.4. The monoisotopic (exact) mass is 364 g/mol. The Morgan fingerprint density at radius 2 is 1.15 bits per heavy atom. The van der Waals surface area contributed by atoms with E-state index < -0.39 is 14.3 Å². The van der Waals surface area contributed by atoms with Crippen molar-refractivity contribution in [3.8, 4) is 11.5 Å². The largest absolute Gasteiger partial charge is 0.510 e. The SMILES string of the molecule is CCC[Si](Oc1ccccc1)(Oc1ccccc1)C(O)c1ccccc1. The van der Waals surface area contributed by atoms with Crippen LogP contribution in [-0.4, -0.2) is 13.7 Å².